The molecular formula is C29H28N4O4. The lowest BCUT2D eigenvalue weighted by atomic mass is 9.94. The quantitative estimate of drug-likeness (QED) is 0.352. The molecule has 3 aromatic carbocycles. The molecule has 5 rings (SSSR count). The number of rotatable bonds is 6. The van der Waals surface area contributed by atoms with Crippen molar-refractivity contribution in [3.8, 4) is 22.9 Å². The van der Waals surface area contributed by atoms with Crippen LogP contribution in [0.4, 0.5) is 4.79 Å². The number of carbonyl (C=O) groups excluding carboxylic acids is 1. The number of allylic oxidation sites excluding steroid dienone is 1. The molecule has 2 amide bonds. The maximum atomic E-state index is 13.4. The van der Waals surface area contributed by atoms with E-state index in [9.17, 15) is 9.90 Å². The maximum Gasteiger partial charge on any atom is 0.322 e. The number of aromatic hydroxyl groups is 1. The first-order valence-electron chi connectivity index (χ1n) is 12.0. The summed E-state index contributed by atoms with van der Waals surface area (Å²) in [6, 6.07) is 20.0. The van der Waals surface area contributed by atoms with Gasteiger partial charge >= 0.3 is 6.03 Å². The number of ether oxygens (including phenoxy) is 1. The summed E-state index contributed by atoms with van der Waals surface area (Å²) >= 11 is 0. The number of hydrogen-bond acceptors (Lipinski definition) is 6. The fraction of sp³-hybridized carbons (Fsp3) is 0.207. The average molecular weight is 497 g/mol. The summed E-state index contributed by atoms with van der Waals surface area (Å²) in [5.74, 6) is 1.06. The first kappa shape index (κ1) is 24.1. The van der Waals surface area contributed by atoms with E-state index in [-0.39, 0.29) is 11.8 Å². The molecule has 0 fully saturated rings. The van der Waals surface area contributed by atoms with Crippen molar-refractivity contribution in [3.63, 3.8) is 0 Å². The van der Waals surface area contributed by atoms with Gasteiger partial charge in [0, 0.05) is 11.3 Å². The SMILES string of the molecule is COc1ccc(C2NC(=O)N(Cc3ccccc3C)C(C)=C2c2nc(-c3ccc(C)cc3)no2)cc1O. The molecule has 0 saturated heterocycles. The van der Waals surface area contributed by atoms with Crippen LogP contribution in [0.2, 0.25) is 0 Å². The smallest absolute Gasteiger partial charge is 0.322 e. The third kappa shape index (κ3) is 4.65. The number of methoxy groups -OCH3 is 1. The Labute approximate surface area is 215 Å². The summed E-state index contributed by atoms with van der Waals surface area (Å²) < 4.78 is 11.0. The van der Waals surface area contributed by atoms with Crippen LogP contribution in [0.15, 0.2) is 77.0 Å². The van der Waals surface area contributed by atoms with Crippen LogP contribution in [-0.4, -0.2) is 33.3 Å². The zero-order chi connectivity index (χ0) is 26.1. The van der Waals surface area contributed by atoms with Gasteiger partial charge in [-0.2, -0.15) is 4.98 Å². The van der Waals surface area contributed by atoms with Crippen LogP contribution in [0.1, 0.15) is 41.1 Å². The molecule has 1 aliphatic heterocycles. The Morgan fingerprint density at radius 3 is 2.51 bits per heavy atom. The average Bonchev–Trinajstić information content (AvgIpc) is 3.37. The number of nitrogens with zero attached hydrogens (tertiary/aromatic N) is 3. The monoisotopic (exact) mass is 496 g/mol. The molecule has 8 heteroatoms. The summed E-state index contributed by atoms with van der Waals surface area (Å²) in [6.07, 6.45) is 0. The van der Waals surface area contributed by atoms with Gasteiger partial charge in [-0.3, -0.25) is 4.90 Å². The molecule has 0 radical (unpaired) electrons. The van der Waals surface area contributed by atoms with Gasteiger partial charge in [0.1, 0.15) is 0 Å². The zero-order valence-electron chi connectivity index (χ0n) is 21.1. The topological polar surface area (TPSA) is 101 Å². The normalized spacial score (nSPS) is 15.6. The predicted octanol–water partition coefficient (Wildman–Crippen LogP) is 5.77. The maximum absolute atomic E-state index is 13.4. The number of aromatic nitrogens is 2. The van der Waals surface area contributed by atoms with Crippen LogP contribution in [-0.2, 0) is 6.54 Å². The van der Waals surface area contributed by atoms with E-state index in [2.05, 4.69) is 10.5 Å². The lowest BCUT2D eigenvalue weighted by Gasteiger charge is -2.35. The number of nitrogens with one attached hydrogen (secondary N) is 1. The van der Waals surface area contributed by atoms with Crippen molar-refractivity contribution in [1.82, 2.24) is 20.4 Å². The second kappa shape index (κ2) is 9.81. The lowest BCUT2D eigenvalue weighted by Crippen LogP contribution is -2.45. The Hall–Kier alpha value is -4.59. The van der Waals surface area contributed by atoms with Crippen molar-refractivity contribution < 1.29 is 19.2 Å². The molecule has 2 heterocycles. The molecule has 0 bridgehead atoms. The first-order chi connectivity index (χ1) is 17.9. The van der Waals surface area contributed by atoms with Gasteiger partial charge in [-0.15, -0.1) is 0 Å². The lowest BCUT2D eigenvalue weighted by molar-refractivity contribution is 0.203. The molecule has 0 spiro atoms. The van der Waals surface area contributed by atoms with E-state index in [1.54, 1.807) is 23.1 Å². The van der Waals surface area contributed by atoms with E-state index in [1.165, 1.54) is 7.11 Å². The van der Waals surface area contributed by atoms with Gasteiger partial charge in [0.05, 0.1) is 25.3 Å². The van der Waals surface area contributed by atoms with Crippen LogP contribution < -0.4 is 10.1 Å². The molecule has 2 N–H and O–H groups in total. The number of urea groups is 1. The Morgan fingerprint density at radius 2 is 1.81 bits per heavy atom. The number of hydrogen-bond donors (Lipinski definition) is 2. The Bertz CT molecular complexity index is 1490. The number of amides is 2. The molecule has 0 saturated carbocycles. The Kier molecular flexibility index (Phi) is 6.40. The van der Waals surface area contributed by atoms with Crippen molar-refractivity contribution in [2.24, 2.45) is 0 Å². The molecule has 4 aromatic rings. The van der Waals surface area contributed by atoms with Gasteiger partial charge in [0.25, 0.3) is 5.89 Å². The van der Waals surface area contributed by atoms with E-state index in [1.807, 2.05) is 69.3 Å². The van der Waals surface area contributed by atoms with E-state index < -0.39 is 6.04 Å². The van der Waals surface area contributed by atoms with Gasteiger partial charge in [-0.05, 0) is 49.6 Å². The molecule has 1 aliphatic rings. The summed E-state index contributed by atoms with van der Waals surface area (Å²) in [5.41, 5.74) is 6.08. The van der Waals surface area contributed by atoms with Crippen molar-refractivity contribution >= 4 is 11.6 Å². The van der Waals surface area contributed by atoms with E-state index >= 15 is 0 Å². The van der Waals surface area contributed by atoms with Gasteiger partial charge in [0.2, 0.25) is 5.82 Å². The number of phenols is 1. The number of carbonyl (C=O) groups is 1. The van der Waals surface area contributed by atoms with Crippen molar-refractivity contribution in [1.29, 1.82) is 0 Å². The largest absolute Gasteiger partial charge is 0.504 e. The minimum absolute atomic E-state index is 0.0283. The van der Waals surface area contributed by atoms with Gasteiger partial charge < -0.3 is 19.7 Å². The highest BCUT2D eigenvalue weighted by atomic mass is 16.5. The van der Waals surface area contributed by atoms with Crippen molar-refractivity contribution in [2.45, 2.75) is 33.4 Å². The van der Waals surface area contributed by atoms with Crippen molar-refractivity contribution in [3.05, 3.63) is 101 Å². The number of phenolic OH excluding ortho intramolecular Hbond substituents is 1. The summed E-state index contributed by atoms with van der Waals surface area (Å²) in [7, 11) is 1.49. The highest BCUT2D eigenvalue weighted by Gasteiger charge is 2.36. The Balaban J connectivity index is 1.61. The predicted molar refractivity (Wildman–Crippen MR) is 140 cm³/mol. The second-order valence-electron chi connectivity index (χ2n) is 9.11. The number of benzene rings is 3. The fourth-order valence-corrected chi connectivity index (χ4v) is 4.50. The summed E-state index contributed by atoms with van der Waals surface area (Å²) in [6.45, 7) is 6.29. The van der Waals surface area contributed by atoms with Crippen LogP contribution in [0, 0.1) is 13.8 Å². The van der Waals surface area contributed by atoms with E-state index in [0.717, 1.165) is 22.3 Å². The molecule has 1 atom stereocenters. The van der Waals surface area contributed by atoms with Crippen molar-refractivity contribution in [2.75, 3.05) is 7.11 Å². The molecule has 1 unspecified atom stereocenters. The standard InChI is InChI=1S/C29H28N4O4/c1-17-9-11-20(12-10-17)27-31-28(37-32-27)25-19(3)33(16-22-8-6-5-7-18(22)2)29(35)30-26(25)21-13-14-24(36-4)23(34)15-21/h5-15,26,34H,16H2,1-4H3,(H,30,35). The molecule has 37 heavy (non-hydrogen) atoms. The van der Waals surface area contributed by atoms with E-state index in [0.29, 0.717) is 40.8 Å². The third-order valence-electron chi connectivity index (χ3n) is 6.69. The van der Waals surface area contributed by atoms with Crippen LogP contribution >= 0.6 is 0 Å². The molecule has 1 aromatic heterocycles. The zero-order valence-corrected chi connectivity index (χ0v) is 21.1. The van der Waals surface area contributed by atoms with Gasteiger partial charge in [0.15, 0.2) is 11.5 Å². The summed E-state index contributed by atoms with van der Waals surface area (Å²) in [4.78, 5) is 19.7. The fourth-order valence-electron chi connectivity index (χ4n) is 4.50. The van der Waals surface area contributed by atoms with Crippen LogP contribution in [0.25, 0.3) is 17.0 Å². The van der Waals surface area contributed by atoms with Gasteiger partial charge in [-0.25, -0.2) is 4.79 Å². The third-order valence-corrected chi connectivity index (χ3v) is 6.69. The minimum atomic E-state index is -0.622. The van der Waals surface area contributed by atoms with Crippen LogP contribution in [0.3, 0.4) is 0 Å². The number of aryl methyl sites for hydroxylation is 2. The van der Waals surface area contributed by atoms with Gasteiger partial charge in [-0.1, -0.05) is 65.3 Å². The molecule has 0 aliphatic carbocycles. The summed E-state index contributed by atoms with van der Waals surface area (Å²) in [5, 5.41) is 17.7. The minimum Gasteiger partial charge on any atom is -0.504 e. The van der Waals surface area contributed by atoms with E-state index in [4.69, 9.17) is 14.2 Å². The molecular weight excluding hydrogens is 468 g/mol. The molecule has 8 nitrogen and oxygen atoms in total. The highest BCUT2D eigenvalue weighted by Crippen LogP contribution is 2.40. The second-order valence-corrected chi connectivity index (χ2v) is 9.11. The first-order valence-corrected chi connectivity index (χ1v) is 12.0. The highest BCUT2D eigenvalue weighted by molar-refractivity contribution is 5.87. The Morgan fingerprint density at radius 1 is 1.05 bits per heavy atom. The van der Waals surface area contributed by atoms with Crippen LogP contribution in [0.5, 0.6) is 11.5 Å². The molecule has 188 valence electrons.